The van der Waals surface area contributed by atoms with Crippen LogP contribution in [0.3, 0.4) is 0 Å². The van der Waals surface area contributed by atoms with E-state index in [1.165, 1.54) is 23.6 Å². The number of rotatable bonds is 22. The minimum absolute atomic E-state index is 0.0760. The molecule has 0 spiro atoms. The van der Waals surface area contributed by atoms with Crippen LogP contribution in [-0.4, -0.2) is 98.7 Å². The van der Waals surface area contributed by atoms with Gasteiger partial charge in [-0.15, -0.1) is 0 Å². The number of unbranched alkanes of at least 4 members (excludes halogenated alkanes) is 10. The van der Waals surface area contributed by atoms with Gasteiger partial charge in [-0.3, -0.25) is 14.4 Å². The highest BCUT2D eigenvalue weighted by Gasteiger charge is 2.45. The van der Waals surface area contributed by atoms with E-state index in [0.29, 0.717) is 51.8 Å². The summed E-state index contributed by atoms with van der Waals surface area (Å²) in [7, 11) is 9.65. The summed E-state index contributed by atoms with van der Waals surface area (Å²) < 4.78 is 39.9. The summed E-state index contributed by atoms with van der Waals surface area (Å²) >= 11 is 0. The van der Waals surface area contributed by atoms with Crippen LogP contribution in [0.1, 0.15) is 142 Å². The molecule has 4 aliphatic rings. The molecular formula is C57H76N2O11+2. The molecule has 70 heavy (non-hydrogen) atoms. The van der Waals surface area contributed by atoms with Crippen molar-refractivity contribution in [2.75, 3.05) is 61.6 Å². The first-order valence-electron chi connectivity index (χ1n) is 25.6. The lowest BCUT2D eigenvalue weighted by atomic mass is 9.84. The van der Waals surface area contributed by atoms with Gasteiger partial charge >= 0.3 is 17.9 Å². The number of likely N-dealkylation sites (N-methyl/N-ethyl adjacent to an activating group) is 2. The molecule has 4 aromatic carbocycles. The maximum Gasteiger partial charge on any atom is 0.308 e. The summed E-state index contributed by atoms with van der Waals surface area (Å²) in [6.07, 6.45) is 15.0. The van der Waals surface area contributed by atoms with E-state index in [1.807, 2.05) is 12.1 Å². The number of carboxylic acid groups (broad SMARTS) is 2. The maximum absolute atomic E-state index is 13.1. The van der Waals surface area contributed by atoms with Crippen LogP contribution >= 0.6 is 0 Å². The number of benzene rings is 4. The highest BCUT2D eigenvalue weighted by molar-refractivity contribution is 5.74. The molecule has 4 aromatic rings. The van der Waals surface area contributed by atoms with Gasteiger partial charge in [0.15, 0.2) is 34.5 Å². The lowest BCUT2D eigenvalue weighted by Gasteiger charge is -2.47. The number of aliphatic carboxylic acids is 2. The van der Waals surface area contributed by atoms with E-state index in [2.05, 4.69) is 62.6 Å². The number of fused-ring (bicyclic) bond motifs is 2. The minimum Gasteiger partial charge on any atom is -0.493 e. The summed E-state index contributed by atoms with van der Waals surface area (Å²) in [4.78, 5) is 35.3. The molecule has 4 aliphatic heterocycles. The van der Waals surface area contributed by atoms with Crippen LogP contribution in [0, 0.1) is 0 Å². The monoisotopic (exact) mass is 965 g/mol. The van der Waals surface area contributed by atoms with Gasteiger partial charge in [-0.1, -0.05) is 56.7 Å². The fourth-order valence-corrected chi connectivity index (χ4v) is 11.2. The average Bonchev–Trinajstić information content (AvgIpc) is 3.33. The fourth-order valence-electron chi connectivity index (χ4n) is 11.2. The maximum atomic E-state index is 13.1. The highest BCUT2D eigenvalue weighted by Crippen LogP contribution is 2.54. The predicted molar refractivity (Wildman–Crippen MR) is 269 cm³/mol. The van der Waals surface area contributed by atoms with E-state index < -0.39 is 17.9 Å². The third-order valence-electron chi connectivity index (χ3n) is 15.3. The van der Waals surface area contributed by atoms with Gasteiger partial charge in [0.05, 0.1) is 67.2 Å². The topological polar surface area (TPSA) is 147 Å². The Morgan fingerprint density at radius 3 is 1.69 bits per heavy atom. The van der Waals surface area contributed by atoms with Crippen LogP contribution in [0.4, 0.5) is 0 Å². The zero-order valence-corrected chi connectivity index (χ0v) is 42.4. The van der Waals surface area contributed by atoms with Crippen molar-refractivity contribution in [1.82, 2.24) is 0 Å². The van der Waals surface area contributed by atoms with Gasteiger partial charge in [0, 0.05) is 51.0 Å². The van der Waals surface area contributed by atoms with E-state index in [-0.39, 0.29) is 30.7 Å². The average molecular weight is 965 g/mol. The molecule has 4 unspecified atom stereocenters. The number of hydrogen-bond acceptors (Lipinski definition) is 9. The minimum atomic E-state index is -0.742. The molecule has 2 N–H and O–H groups in total. The molecular weight excluding hydrogens is 889 g/mol. The third-order valence-corrected chi connectivity index (χ3v) is 15.3. The molecule has 8 rings (SSSR count). The standard InChI is InChI=1S/C57H74N2O11/c1-39(60)68-56-52(67-6)37-43-28-32-59(3,30-18-14-10-8-12-16-20-54(63)64)47-34-41-23-26-48(65-4)50(35-41)69-44-24-21-40(22-25-44)33-46-45-38-51(70-57(56)55(43)47)49(66-5)36-42(45)27-31-58(46,2)29-17-13-9-7-11-15-19-53(61)62/h21-26,35-38,46-47H,7-20,27-34H2,1-6H3/p+2. The number of esters is 1. The van der Waals surface area contributed by atoms with E-state index in [9.17, 15) is 14.4 Å². The molecule has 13 nitrogen and oxygen atoms in total. The Balaban J connectivity index is 1.34. The van der Waals surface area contributed by atoms with Gasteiger partial charge in [0.1, 0.15) is 17.8 Å². The summed E-state index contributed by atoms with van der Waals surface area (Å²) in [5.41, 5.74) is 6.69. The van der Waals surface area contributed by atoms with Gasteiger partial charge in [-0.25, -0.2) is 0 Å². The summed E-state index contributed by atoms with van der Waals surface area (Å²) in [5, 5.41) is 18.2. The molecule has 6 bridgehead atoms. The second-order valence-electron chi connectivity index (χ2n) is 20.3. The molecule has 13 heteroatoms. The summed E-state index contributed by atoms with van der Waals surface area (Å²) in [5.74, 6) is 2.27. The predicted octanol–water partition coefficient (Wildman–Crippen LogP) is 11.7. The van der Waals surface area contributed by atoms with Crippen molar-refractivity contribution in [2.45, 2.75) is 135 Å². The van der Waals surface area contributed by atoms with Crippen molar-refractivity contribution in [2.24, 2.45) is 0 Å². The zero-order chi connectivity index (χ0) is 49.8. The normalized spacial score (nSPS) is 20.2. The molecule has 0 fully saturated rings. The van der Waals surface area contributed by atoms with Gasteiger partial charge < -0.3 is 47.6 Å². The number of quaternary nitrogens is 2. The number of carbonyl (C=O) groups excluding carboxylic acids is 1. The Hall–Kier alpha value is -5.79. The molecule has 0 saturated carbocycles. The first-order valence-corrected chi connectivity index (χ1v) is 25.6. The van der Waals surface area contributed by atoms with Crippen molar-refractivity contribution in [3.63, 3.8) is 0 Å². The van der Waals surface area contributed by atoms with Crippen molar-refractivity contribution >= 4 is 17.9 Å². The van der Waals surface area contributed by atoms with E-state index in [1.54, 1.807) is 21.3 Å². The second kappa shape index (κ2) is 23.9. The van der Waals surface area contributed by atoms with E-state index >= 15 is 0 Å². The third kappa shape index (κ3) is 12.7. The van der Waals surface area contributed by atoms with E-state index in [4.69, 9.17) is 38.6 Å². The largest absolute Gasteiger partial charge is 0.493 e. The number of nitrogens with zero attached hydrogens (tertiary/aromatic N) is 2. The second-order valence-corrected chi connectivity index (χ2v) is 20.3. The summed E-state index contributed by atoms with van der Waals surface area (Å²) in [6, 6.07) is 20.9. The van der Waals surface area contributed by atoms with Gasteiger partial charge in [-0.05, 0) is 103 Å². The fraction of sp³-hybridized carbons (Fsp3) is 0.526. The Kier molecular flexibility index (Phi) is 17.8. The Morgan fingerprint density at radius 1 is 0.586 bits per heavy atom. The first kappa shape index (κ1) is 52.0. The molecule has 0 radical (unpaired) electrons. The number of hydrogen-bond donors (Lipinski definition) is 2. The summed E-state index contributed by atoms with van der Waals surface area (Å²) in [6.45, 7) is 5.11. The number of carboxylic acids is 2. The highest BCUT2D eigenvalue weighted by atomic mass is 16.6. The van der Waals surface area contributed by atoms with Crippen molar-refractivity contribution < 1.29 is 62.0 Å². The van der Waals surface area contributed by atoms with Crippen LogP contribution in [0.5, 0.6) is 46.0 Å². The molecule has 4 atom stereocenters. The van der Waals surface area contributed by atoms with Crippen LogP contribution in [0.2, 0.25) is 0 Å². The van der Waals surface area contributed by atoms with Crippen LogP contribution in [0.25, 0.3) is 0 Å². The first-order chi connectivity index (χ1) is 33.7. The quantitative estimate of drug-likeness (QED) is 0.0336. The molecule has 0 aromatic heterocycles. The number of methoxy groups -OCH3 is 3. The van der Waals surface area contributed by atoms with Crippen LogP contribution < -0.4 is 28.4 Å². The SMILES string of the molecule is COc1ccc2cc1Oc1ccc(cc1)CC1c3cc(c(OC)cc3CC[N+]1(C)CCCCCCCCC(=O)O)Oc1c(OC(C)=O)c(OC)cc3c1C(C2)[N+](C)(CCCCCCCCC(=O)O)CC3. The van der Waals surface area contributed by atoms with E-state index in [0.717, 1.165) is 143 Å². The molecule has 0 amide bonds. The Bertz CT molecular complexity index is 2450. The number of carbonyl (C=O) groups is 3. The molecule has 0 aliphatic carbocycles. The van der Waals surface area contributed by atoms with Gasteiger partial charge in [-0.2, -0.15) is 0 Å². The lowest BCUT2D eigenvalue weighted by Crippen LogP contribution is -2.52. The van der Waals surface area contributed by atoms with Gasteiger partial charge in [0.25, 0.3) is 0 Å². The lowest BCUT2D eigenvalue weighted by molar-refractivity contribution is -0.941. The number of ether oxygens (including phenoxy) is 6. The van der Waals surface area contributed by atoms with Crippen molar-refractivity contribution in [1.29, 1.82) is 0 Å². The van der Waals surface area contributed by atoms with Gasteiger partial charge in [0.2, 0.25) is 5.75 Å². The van der Waals surface area contributed by atoms with Crippen LogP contribution in [0.15, 0.2) is 60.7 Å². The van der Waals surface area contributed by atoms with Crippen LogP contribution in [-0.2, 0) is 40.1 Å². The Labute approximate surface area is 414 Å². The molecule has 0 saturated heterocycles. The molecule has 4 heterocycles. The Morgan fingerprint density at radius 2 is 1.10 bits per heavy atom. The zero-order valence-electron chi connectivity index (χ0n) is 42.4. The molecule has 378 valence electrons. The van der Waals surface area contributed by atoms with Crippen molar-refractivity contribution in [3.8, 4) is 46.0 Å². The van der Waals surface area contributed by atoms with Crippen molar-refractivity contribution in [3.05, 3.63) is 94.0 Å². The smallest absolute Gasteiger partial charge is 0.308 e.